The summed E-state index contributed by atoms with van der Waals surface area (Å²) in [5.41, 5.74) is 0.877. The highest BCUT2D eigenvalue weighted by molar-refractivity contribution is 7.98. The number of benzene rings is 1. The largest absolute Gasteiger partial charge is 0.453 e. The molecule has 0 aliphatic rings. The molecule has 0 saturated carbocycles. The van der Waals surface area contributed by atoms with Crippen molar-refractivity contribution in [3.63, 3.8) is 0 Å². The molecule has 4 rings (SSSR count). The van der Waals surface area contributed by atoms with Gasteiger partial charge in [-0.2, -0.15) is 16.3 Å². The molecule has 5 nitrogen and oxygen atoms in total. The molecule has 3 heterocycles. The summed E-state index contributed by atoms with van der Waals surface area (Å²) in [7, 11) is 0. The average molecular weight is 330 g/mol. The Labute approximate surface area is 135 Å². The Morgan fingerprint density at radius 2 is 2.18 bits per heavy atom. The van der Waals surface area contributed by atoms with Gasteiger partial charge in [0.25, 0.3) is 0 Å². The summed E-state index contributed by atoms with van der Waals surface area (Å²) in [4.78, 5) is 0.808. The first-order valence-electron chi connectivity index (χ1n) is 7.13. The number of para-hydroxylation sites is 1. The van der Waals surface area contributed by atoms with E-state index in [0.29, 0.717) is 0 Å². The molecule has 0 fully saturated rings. The Morgan fingerprint density at radius 1 is 1.27 bits per heavy atom. The van der Waals surface area contributed by atoms with E-state index in [1.165, 1.54) is 11.3 Å². The standard InChI is InChI=1S/C15H14N4OS2/c1-2-7-21-9-13-16-17-15-19(13)18-14(22-15)12-8-10-5-3-4-6-11(10)20-12/h3-6,8H,2,7,9H2,1H3. The van der Waals surface area contributed by atoms with Crippen LogP contribution >= 0.6 is 23.1 Å². The minimum atomic E-state index is 0.781. The monoisotopic (exact) mass is 330 g/mol. The van der Waals surface area contributed by atoms with Crippen molar-refractivity contribution in [1.82, 2.24) is 19.8 Å². The van der Waals surface area contributed by atoms with Crippen LogP contribution in [0.5, 0.6) is 0 Å². The van der Waals surface area contributed by atoms with Crippen LogP contribution in [0.2, 0.25) is 0 Å². The summed E-state index contributed by atoms with van der Waals surface area (Å²) in [6, 6.07) is 9.99. The predicted octanol–water partition coefficient (Wildman–Crippen LogP) is 4.24. The number of aromatic nitrogens is 4. The van der Waals surface area contributed by atoms with Gasteiger partial charge < -0.3 is 4.42 Å². The van der Waals surface area contributed by atoms with Crippen molar-refractivity contribution >= 4 is 39.0 Å². The molecular weight excluding hydrogens is 316 g/mol. The van der Waals surface area contributed by atoms with E-state index in [2.05, 4.69) is 22.2 Å². The maximum atomic E-state index is 5.87. The molecule has 0 aliphatic heterocycles. The van der Waals surface area contributed by atoms with E-state index in [1.54, 1.807) is 0 Å². The molecule has 22 heavy (non-hydrogen) atoms. The molecule has 0 N–H and O–H groups in total. The van der Waals surface area contributed by atoms with Gasteiger partial charge >= 0.3 is 0 Å². The third-order valence-electron chi connectivity index (χ3n) is 3.27. The van der Waals surface area contributed by atoms with E-state index in [1.807, 2.05) is 46.6 Å². The fourth-order valence-electron chi connectivity index (χ4n) is 2.24. The maximum Gasteiger partial charge on any atom is 0.235 e. The molecule has 112 valence electrons. The van der Waals surface area contributed by atoms with Crippen LogP contribution in [0.15, 0.2) is 34.7 Å². The smallest absolute Gasteiger partial charge is 0.235 e. The van der Waals surface area contributed by atoms with Crippen molar-refractivity contribution in [2.45, 2.75) is 19.1 Å². The quantitative estimate of drug-likeness (QED) is 0.512. The minimum absolute atomic E-state index is 0.781. The van der Waals surface area contributed by atoms with Crippen molar-refractivity contribution in [3.8, 4) is 10.8 Å². The lowest BCUT2D eigenvalue weighted by molar-refractivity contribution is 0.629. The van der Waals surface area contributed by atoms with Crippen LogP contribution in [0.25, 0.3) is 26.7 Å². The summed E-state index contributed by atoms with van der Waals surface area (Å²) < 4.78 is 7.70. The summed E-state index contributed by atoms with van der Waals surface area (Å²) in [5, 5.41) is 15.0. The van der Waals surface area contributed by atoms with Crippen molar-refractivity contribution in [3.05, 3.63) is 36.2 Å². The summed E-state index contributed by atoms with van der Waals surface area (Å²) in [6.07, 6.45) is 1.16. The van der Waals surface area contributed by atoms with Gasteiger partial charge in [0.15, 0.2) is 16.6 Å². The molecule has 0 unspecified atom stereocenters. The highest BCUT2D eigenvalue weighted by Crippen LogP contribution is 2.31. The van der Waals surface area contributed by atoms with Crippen LogP contribution in [0.4, 0.5) is 0 Å². The number of hydrogen-bond acceptors (Lipinski definition) is 6. The molecule has 0 spiro atoms. The first kappa shape index (κ1) is 13.8. The number of furan rings is 1. The number of rotatable bonds is 5. The first-order chi connectivity index (χ1) is 10.8. The van der Waals surface area contributed by atoms with E-state index in [4.69, 9.17) is 4.42 Å². The number of thioether (sulfide) groups is 1. The average Bonchev–Trinajstić information content (AvgIpc) is 3.21. The van der Waals surface area contributed by atoms with Crippen molar-refractivity contribution in [1.29, 1.82) is 0 Å². The molecule has 3 aromatic heterocycles. The van der Waals surface area contributed by atoms with Crippen LogP contribution in [0, 0.1) is 0 Å². The predicted molar refractivity (Wildman–Crippen MR) is 90.3 cm³/mol. The van der Waals surface area contributed by atoms with Crippen LogP contribution in [0.3, 0.4) is 0 Å². The van der Waals surface area contributed by atoms with Gasteiger partial charge in [-0.15, -0.1) is 15.3 Å². The van der Waals surface area contributed by atoms with Crippen LogP contribution in [-0.4, -0.2) is 25.6 Å². The highest BCUT2D eigenvalue weighted by atomic mass is 32.2. The van der Waals surface area contributed by atoms with Crippen molar-refractivity contribution < 1.29 is 4.42 Å². The third kappa shape index (κ3) is 2.40. The number of fused-ring (bicyclic) bond motifs is 2. The Bertz CT molecular complexity index is 891. The second kappa shape index (κ2) is 5.73. The second-order valence-electron chi connectivity index (χ2n) is 4.92. The molecule has 0 saturated heterocycles. The van der Waals surface area contributed by atoms with Gasteiger partial charge in [-0.3, -0.25) is 0 Å². The highest BCUT2D eigenvalue weighted by Gasteiger charge is 2.15. The van der Waals surface area contributed by atoms with Gasteiger partial charge in [0, 0.05) is 5.39 Å². The third-order valence-corrected chi connectivity index (χ3v) is 5.34. The molecule has 1 aromatic carbocycles. The topological polar surface area (TPSA) is 56.2 Å². The summed E-state index contributed by atoms with van der Waals surface area (Å²) >= 11 is 3.35. The molecule has 4 aromatic rings. The van der Waals surface area contributed by atoms with Crippen molar-refractivity contribution in [2.75, 3.05) is 5.75 Å². The Morgan fingerprint density at radius 3 is 3.05 bits per heavy atom. The van der Waals surface area contributed by atoms with Gasteiger partial charge in [0.2, 0.25) is 4.96 Å². The van der Waals surface area contributed by atoms with Gasteiger partial charge in [0.1, 0.15) is 5.58 Å². The van der Waals surface area contributed by atoms with Gasteiger partial charge in [-0.25, -0.2) is 0 Å². The molecule has 0 aliphatic carbocycles. The zero-order valence-electron chi connectivity index (χ0n) is 12.0. The fraction of sp³-hybridized carbons (Fsp3) is 0.267. The number of hydrogen-bond donors (Lipinski definition) is 0. The Kier molecular flexibility index (Phi) is 3.59. The molecule has 0 amide bonds. The Balaban J connectivity index is 1.70. The zero-order chi connectivity index (χ0) is 14.9. The van der Waals surface area contributed by atoms with E-state index in [9.17, 15) is 0 Å². The van der Waals surface area contributed by atoms with E-state index in [-0.39, 0.29) is 0 Å². The van der Waals surface area contributed by atoms with Gasteiger partial charge in [-0.1, -0.05) is 36.5 Å². The summed E-state index contributed by atoms with van der Waals surface area (Å²) in [6.45, 7) is 2.18. The van der Waals surface area contributed by atoms with E-state index >= 15 is 0 Å². The minimum Gasteiger partial charge on any atom is -0.453 e. The second-order valence-corrected chi connectivity index (χ2v) is 6.98. The van der Waals surface area contributed by atoms with E-state index in [0.717, 1.165) is 50.4 Å². The lowest BCUT2D eigenvalue weighted by Crippen LogP contribution is -1.94. The fourth-order valence-corrected chi connectivity index (χ4v) is 3.85. The molecule has 0 bridgehead atoms. The molecular formula is C15H14N4OS2. The maximum absolute atomic E-state index is 5.87. The lowest BCUT2D eigenvalue weighted by atomic mass is 10.2. The normalized spacial score (nSPS) is 11.7. The van der Waals surface area contributed by atoms with Crippen LogP contribution in [0.1, 0.15) is 19.2 Å². The van der Waals surface area contributed by atoms with Gasteiger partial charge in [0.05, 0.1) is 5.75 Å². The van der Waals surface area contributed by atoms with Crippen LogP contribution in [-0.2, 0) is 5.75 Å². The molecule has 0 radical (unpaired) electrons. The van der Waals surface area contributed by atoms with E-state index < -0.39 is 0 Å². The van der Waals surface area contributed by atoms with Gasteiger partial charge in [-0.05, 0) is 24.3 Å². The van der Waals surface area contributed by atoms with Crippen molar-refractivity contribution in [2.24, 2.45) is 0 Å². The summed E-state index contributed by atoms with van der Waals surface area (Å²) in [5.74, 6) is 3.63. The molecule has 7 heteroatoms. The Hall–Kier alpha value is -1.86. The first-order valence-corrected chi connectivity index (χ1v) is 9.10. The lowest BCUT2D eigenvalue weighted by Gasteiger charge is -1.95. The SMILES string of the molecule is CCCSCc1nnc2sc(-c3cc4ccccc4o3)nn12. The number of nitrogens with zero attached hydrogens (tertiary/aromatic N) is 4. The molecule has 0 atom stereocenters. The van der Waals surface area contributed by atoms with Crippen LogP contribution < -0.4 is 0 Å². The zero-order valence-corrected chi connectivity index (χ0v) is 13.7.